The first kappa shape index (κ1) is 9.96. The van der Waals surface area contributed by atoms with Crippen LogP contribution >= 0.6 is 0 Å². The van der Waals surface area contributed by atoms with Crippen LogP contribution in [0.3, 0.4) is 0 Å². The maximum atomic E-state index is 9.32. The lowest BCUT2D eigenvalue weighted by Crippen LogP contribution is -2.47. The molecule has 0 amide bonds. The van der Waals surface area contributed by atoms with Crippen LogP contribution in [0.4, 0.5) is 0 Å². The smallest absolute Gasteiger partial charge is 0.0394 e. The highest BCUT2D eigenvalue weighted by Gasteiger charge is 2.23. The number of nitrogens with zero attached hydrogens (tertiary/aromatic N) is 2. The summed E-state index contributed by atoms with van der Waals surface area (Å²) in [5.74, 6) is 0. The average molecular weight is 172 g/mol. The number of hydrogen-bond donors (Lipinski definition) is 1. The second kappa shape index (κ2) is 4.21. The molecule has 0 spiro atoms. The molecule has 0 bridgehead atoms. The molecule has 1 aliphatic rings. The van der Waals surface area contributed by atoms with Crippen LogP contribution in [0.1, 0.15) is 26.7 Å². The number of hydrogen-bond acceptors (Lipinski definition) is 3. The first-order valence-electron chi connectivity index (χ1n) is 4.77. The summed E-state index contributed by atoms with van der Waals surface area (Å²) < 4.78 is 0. The van der Waals surface area contributed by atoms with Crippen molar-refractivity contribution >= 4 is 0 Å². The lowest BCUT2D eigenvalue weighted by molar-refractivity contribution is -0.123. The van der Waals surface area contributed by atoms with Crippen LogP contribution in [-0.4, -0.2) is 47.4 Å². The van der Waals surface area contributed by atoms with Crippen LogP contribution < -0.4 is 0 Å². The standard InChI is InChI=1S/C9H20N2O/c1-8(2)10(3)9-5-4-6-11(12)7-9/h8-9,12H,4-7H2,1-3H3. The summed E-state index contributed by atoms with van der Waals surface area (Å²) in [5.41, 5.74) is 0. The van der Waals surface area contributed by atoms with E-state index in [1.807, 2.05) is 0 Å². The molecule has 1 atom stereocenters. The van der Waals surface area contributed by atoms with Gasteiger partial charge >= 0.3 is 0 Å². The molecule has 0 aromatic heterocycles. The molecule has 0 aromatic carbocycles. The molecule has 1 rings (SSSR count). The van der Waals surface area contributed by atoms with E-state index in [-0.39, 0.29) is 0 Å². The minimum atomic E-state index is 0.531. The third kappa shape index (κ3) is 2.44. The maximum Gasteiger partial charge on any atom is 0.0394 e. The van der Waals surface area contributed by atoms with Crippen molar-refractivity contribution in [3.63, 3.8) is 0 Å². The van der Waals surface area contributed by atoms with E-state index in [2.05, 4.69) is 25.8 Å². The molecule has 3 nitrogen and oxygen atoms in total. The highest BCUT2D eigenvalue weighted by Crippen LogP contribution is 2.14. The Hall–Kier alpha value is -0.120. The zero-order chi connectivity index (χ0) is 9.14. The van der Waals surface area contributed by atoms with E-state index in [0.717, 1.165) is 19.5 Å². The number of likely N-dealkylation sites (N-methyl/N-ethyl adjacent to an activating group) is 1. The van der Waals surface area contributed by atoms with Crippen LogP contribution in [0.2, 0.25) is 0 Å². The Bertz CT molecular complexity index is 138. The lowest BCUT2D eigenvalue weighted by Gasteiger charge is -2.36. The van der Waals surface area contributed by atoms with Crippen LogP contribution in [0.25, 0.3) is 0 Å². The predicted octanol–water partition coefficient (Wildman–Crippen LogP) is 1.18. The van der Waals surface area contributed by atoms with Gasteiger partial charge in [0.2, 0.25) is 0 Å². The maximum absolute atomic E-state index is 9.32. The molecule has 0 saturated carbocycles. The second-order valence-electron chi connectivity index (χ2n) is 3.97. The molecule has 12 heavy (non-hydrogen) atoms. The van der Waals surface area contributed by atoms with Gasteiger partial charge in [-0.15, -0.1) is 0 Å². The van der Waals surface area contributed by atoms with E-state index >= 15 is 0 Å². The van der Waals surface area contributed by atoms with Crippen LogP contribution in [-0.2, 0) is 0 Å². The summed E-state index contributed by atoms with van der Waals surface area (Å²) in [6, 6.07) is 1.10. The van der Waals surface area contributed by atoms with Crippen LogP contribution in [0.5, 0.6) is 0 Å². The van der Waals surface area contributed by atoms with Crippen molar-refractivity contribution in [1.82, 2.24) is 9.96 Å². The van der Waals surface area contributed by atoms with Gasteiger partial charge in [-0.05, 0) is 33.7 Å². The van der Waals surface area contributed by atoms with E-state index in [9.17, 15) is 5.21 Å². The molecule has 0 aromatic rings. The van der Waals surface area contributed by atoms with Crippen molar-refractivity contribution in [1.29, 1.82) is 0 Å². The highest BCUT2D eigenvalue weighted by atomic mass is 16.5. The van der Waals surface area contributed by atoms with Crippen molar-refractivity contribution in [3.8, 4) is 0 Å². The average Bonchev–Trinajstić information content (AvgIpc) is 2.03. The fourth-order valence-electron chi connectivity index (χ4n) is 1.69. The van der Waals surface area contributed by atoms with Crippen LogP contribution in [0, 0.1) is 0 Å². The Kier molecular flexibility index (Phi) is 3.50. The third-order valence-electron chi connectivity index (χ3n) is 2.77. The van der Waals surface area contributed by atoms with Gasteiger partial charge < -0.3 is 5.21 Å². The molecular formula is C9H20N2O. The van der Waals surface area contributed by atoms with Crippen LogP contribution in [0.15, 0.2) is 0 Å². The van der Waals surface area contributed by atoms with Crippen molar-refractivity contribution in [3.05, 3.63) is 0 Å². The summed E-state index contributed by atoms with van der Waals surface area (Å²) >= 11 is 0. The molecule has 0 radical (unpaired) electrons. The molecule has 1 heterocycles. The van der Waals surface area contributed by atoms with E-state index in [1.165, 1.54) is 11.5 Å². The Balaban J connectivity index is 2.40. The van der Waals surface area contributed by atoms with E-state index in [0.29, 0.717) is 12.1 Å². The van der Waals surface area contributed by atoms with Gasteiger partial charge in [0.15, 0.2) is 0 Å². The summed E-state index contributed by atoms with van der Waals surface area (Å²) in [7, 11) is 2.13. The molecule has 1 fully saturated rings. The van der Waals surface area contributed by atoms with Gasteiger partial charge in [-0.2, -0.15) is 5.06 Å². The molecule has 1 saturated heterocycles. The fraction of sp³-hybridized carbons (Fsp3) is 1.00. The molecule has 1 aliphatic heterocycles. The number of piperidine rings is 1. The Labute approximate surface area is 74.9 Å². The molecule has 1 unspecified atom stereocenters. The van der Waals surface area contributed by atoms with Gasteiger partial charge in [0.1, 0.15) is 0 Å². The van der Waals surface area contributed by atoms with Gasteiger partial charge in [0.05, 0.1) is 0 Å². The Morgan fingerprint density at radius 3 is 2.67 bits per heavy atom. The van der Waals surface area contributed by atoms with Crippen molar-refractivity contribution in [2.45, 2.75) is 38.8 Å². The van der Waals surface area contributed by atoms with Gasteiger partial charge in [-0.25, -0.2) is 0 Å². The third-order valence-corrected chi connectivity index (χ3v) is 2.77. The first-order chi connectivity index (χ1) is 5.61. The SMILES string of the molecule is CC(C)N(C)C1CCCN(O)C1. The quantitative estimate of drug-likeness (QED) is 0.677. The Morgan fingerprint density at radius 2 is 2.17 bits per heavy atom. The molecule has 72 valence electrons. The van der Waals surface area contributed by atoms with Gasteiger partial charge in [-0.3, -0.25) is 4.90 Å². The molecular weight excluding hydrogens is 152 g/mol. The second-order valence-corrected chi connectivity index (χ2v) is 3.97. The highest BCUT2D eigenvalue weighted by molar-refractivity contribution is 4.77. The summed E-state index contributed by atoms with van der Waals surface area (Å²) in [4.78, 5) is 2.34. The van der Waals surface area contributed by atoms with E-state index < -0.39 is 0 Å². The van der Waals surface area contributed by atoms with E-state index in [4.69, 9.17) is 0 Å². The monoisotopic (exact) mass is 172 g/mol. The summed E-state index contributed by atoms with van der Waals surface area (Å²) in [6.45, 7) is 6.02. The minimum Gasteiger partial charge on any atom is -0.314 e. The number of rotatable bonds is 2. The summed E-state index contributed by atoms with van der Waals surface area (Å²) in [6.07, 6.45) is 2.32. The molecule has 3 heteroatoms. The predicted molar refractivity (Wildman–Crippen MR) is 49.3 cm³/mol. The van der Waals surface area contributed by atoms with E-state index in [1.54, 1.807) is 0 Å². The molecule has 0 aliphatic carbocycles. The molecule has 1 N–H and O–H groups in total. The minimum absolute atomic E-state index is 0.531. The number of hydroxylamine groups is 2. The van der Waals surface area contributed by atoms with Gasteiger partial charge in [0, 0.05) is 25.2 Å². The van der Waals surface area contributed by atoms with Gasteiger partial charge in [-0.1, -0.05) is 0 Å². The zero-order valence-electron chi connectivity index (χ0n) is 8.32. The van der Waals surface area contributed by atoms with Crippen molar-refractivity contribution < 1.29 is 5.21 Å². The summed E-state index contributed by atoms with van der Waals surface area (Å²) in [5, 5.41) is 10.8. The van der Waals surface area contributed by atoms with Gasteiger partial charge in [0.25, 0.3) is 0 Å². The lowest BCUT2D eigenvalue weighted by atomic mass is 10.1. The topological polar surface area (TPSA) is 26.7 Å². The van der Waals surface area contributed by atoms with Crippen molar-refractivity contribution in [2.24, 2.45) is 0 Å². The zero-order valence-corrected chi connectivity index (χ0v) is 8.32. The Morgan fingerprint density at radius 1 is 1.50 bits per heavy atom. The largest absolute Gasteiger partial charge is 0.314 e. The van der Waals surface area contributed by atoms with Crippen molar-refractivity contribution in [2.75, 3.05) is 20.1 Å². The normalized spacial score (nSPS) is 27.0. The fourth-order valence-corrected chi connectivity index (χ4v) is 1.69. The first-order valence-corrected chi connectivity index (χ1v) is 4.77.